The van der Waals surface area contributed by atoms with E-state index < -0.39 is 23.0 Å². The second-order valence-electron chi connectivity index (χ2n) is 3.89. The van der Waals surface area contributed by atoms with Gasteiger partial charge in [0.2, 0.25) is 0 Å². The molecule has 0 unspecified atom stereocenters. The van der Waals surface area contributed by atoms with Crippen molar-refractivity contribution < 1.29 is 24.0 Å². The van der Waals surface area contributed by atoms with Crippen LogP contribution >= 0.6 is 0 Å². The van der Waals surface area contributed by atoms with Crippen molar-refractivity contribution >= 4 is 17.7 Å². The van der Waals surface area contributed by atoms with Gasteiger partial charge in [0, 0.05) is 12.1 Å². The number of nitrogens with zero attached hydrogens (tertiary/aromatic N) is 1. The smallest absolute Gasteiger partial charge is 0.408 e. The molecule has 1 amide bonds. The van der Waals surface area contributed by atoms with E-state index in [1.165, 1.54) is 38.3 Å². The van der Waals surface area contributed by atoms with E-state index in [9.17, 15) is 19.7 Å². The van der Waals surface area contributed by atoms with Crippen LogP contribution in [-0.4, -0.2) is 30.1 Å². The summed E-state index contributed by atoms with van der Waals surface area (Å²) in [4.78, 5) is 32.4. The predicted octanol–water partition coefficient (Wildman–Crippen LogP) is 1.38. The van der Waals surface area contributed by atoms with Crippen molar-refractivity contribution in [2.45, 2.75) is 19.6 Å². The van der Waals surface area contributed by atoms with Gasteiger partial charge in [-0.15, -0.1) is 0 Å². The lowest BCUT2D eigenvalue weighted by molar-refractivity contribution is -0.384. The molecule has 8 nitrogen and oxygen atoms in total. The number of hydrogen-bond donors (Lipinski definition) is 1. The van der Waals surface area contributed by atoms with Crippen molar-refractivity contribution in [3.63, 3.8) is 0 Å². The Kier molecular flexibility index (Phi) is 5.45. The second-order valence-corrected chi connectivity index (χ2v) is 3.89. The molecule has 0 radical (unpaired) electrons. The summed E-state index contributed by atoms with van der Waals surface area (Å²) in [6.45, 7) is 1.40. The van der Waals surface area contributed by atoms with Crippen LogP contribution in [0.1, 0.15) is 12.5 Å². The van der Waals surface area contributed by atoms with Crippen LogP contribution in [0.5, 0.6) is 0 Å². The van der Waals surface area contributed by atoms with Crippen molar-refractivity contribution in [3.8, 4) is 0 Å². The lowest BCUT2D eigenvalue weighted by Gasteiger charge is -2.11. The summed E-state index contributed by atoms with van der Waals surface area (Å²) in [5, 5.41) is 12.7. The Hall–Kier alpha value is -2.64. The number of alkyl carbamates (subject to hydrolysis) is 1. The highest BCUT2D eigenvalue weighted by molar-refractivity contribution is 5.80. The number of rotatable bonds is 5. The van der Waals surface area contributed by atoms with Crippen LogP contribution in [0.2, 0.25) is 0 Å². The van der Waals surface area contributed by atoms with Crippen LogP contribution < -0.4 is 5.32 Å². The molecule has 0 saturated heterocycles. The van der Waals surface area contributed by atoms with E-state index in [1.54, 1.807) is 0 Å². The molecule has 1 atom stereocenters. The zero-order valence-corrected chi connectivity index (χ0v) is 11.0. The highest BCUT2D eigenvalue weighted by Gasteiger charge is 2.16. The number of carbonyl (C=O) groups is 2. The number of non-ortho nitro benzene ring substituents is 1. The fourth-order valence-electron chi connectivity index (χ4n) is 1.32. The van der Waals surface area contributed by atoms with Crippen LogP contribution in [-0.2, 0) is 20.9 Å². The first kappa shape index (κ1) is 15.4. The van der Waals surface area contributed by atoms with Gasteiger partial charge in [-0.2, -0.15) is 0 Å². The van der Waals surface area contributed by atoms with Gasteiger partial charge in [-0.3, -0.25) is 10.1 Å². The summed E-state index contributed by atoms with van der Waals surface area (Å²) in [7, 11) is 1.21. The fourth-order valence-corrected chi connectivity index (χ4v) is 1.32. The van der Waals surface area contributed by atoms with Gasteiger partial charge in [0.1, 0.15) is 12.6 Å². The lowest BCUT2D eigenvalue weighted by Crippen LogP contribution is -2.39. The molecular formula is C12H14N2O6. The average molecular weight is 282 g/mol. The zero-order valence-electron chi connectivity index (χ0n) is 11.0. The highest BCUT2D eigenvalue weighted by atomic mass is 16.6. The molecule has 108 valence electrons. The molecule has 20 heavy (non-hydrogen) atoms. The molecule has 0 fully saturated rings. The Bertz CT molecular complexity index is 499. The number of ether oxygens (including phenoxy) is 2. The average Bonchev–Trinajstić information content (AvgIpc) is 2.44. The Morgan fingerprint density at radius 1 is 1.35 bits per heavy atom. The van der Waals surface area contributed by atoms with Gasteiger partial charge in [0.05, 0.1) is 12.0 Å². The van der Waals surface area contributed by atoms with Gasteiger partial charge < -0.3 is 14.8 Å². The van der Waals surface area contributed by atoms with Crippen molar-refractivity contribution in [1.29, 1.82) is 0 Å². The molecule has 0 aromatic heterocycles. The first-order valence-corrected chi connectivity index (χ1v) is 5.68. The van der Waals surface area contributed by atoms with Crippen molar-refractivity contribution in [2.24, 2.45) is 0 Å². The summed E-state index contributed by atoms with van der Waals surface area (Å²) in [6, 6.07) is 4.77. The predicted molar refractivity (Wildman–Crippen MR) is 67.9 cm³/mol. The van der Waals surface area contributed by atoms with Crippen LogP contribution in [0.15, 0.2) is 24.3 Å². The molecule has 1 N–H and O–H groups in total. The Balaban J connectivity index is 2.44. The molecule has 1 rings (SSSR count). The molecular weight excluding hydrogens is 268 g/mol. The van der Waals surface area contributed by atoms with Gasteiger partial charge in [-0.05, 0) is 24.6 Å². The van der Waals surface area contributed by atoms with Gasteiger partial charge in [-0.25, -0.2) is 9.59 Å². The third-order valence-electron chi connectivity index (χ3n) is 2.41. The maximum atomic E-state index is 11.4. The highest BCUT2D eigenvalue weighted by Crippen LogP contribution is 2.12. The minimum Gasteiger partial charge on any atom is -0.467 e. The summed E-state index contributed by atoms with van der Waals surface area (Å²) in [5.74, 6) is -0.586. The minimum absolute atomic E-state index is 0.0440. The molecule has 0 aliphatic rings. The first-order chi connectivity index (χ1) is 9.43. The van der Waals surface area contributed by atoms with E-state index in [1.807, 2.05) is 0 Å². The maximum absolute atomic E-state index is 11.4. The molecule has 0 saturated carbocycles. The topological polar surface area (TPSA) is 108 Å². The number of carbonyl (C=O) groups excluding carboxylic acids is 2. The normalized spacial score (nSPS) is 11.3. The summed E-state index contributed by atoms with van der Waals surface area (Å²) >= 11 is 0. The second kappa shape index (κ2) is 7.07. The van der Waals surface area contributed by atoms with Gasteiger partial charge in [0.25, 0.3) is 5.69 Å². The molecule has 8 heteroatoms. The van der Waals surface area contributed by atoms with Crippen LogP contribution in [0, 0.1) is 10.1 Å². The van der Waals surface area contributed by atoms with Crippen LogP contribution in [0.4, 0.5) is 10.5 Å². The van der Waals surface area contributed by atoms with Crippen LogP contribution in [0.3, 0.4) is 0 Å². The van der Waals surface area contributed by atoms with Crippen molar-refractivity contribution in [1.82, 2.24) is 5.32 Å². The molecule has 0 aliphatic carbocycles. The van der Waals surface area contributed by atoms with Gasteiger partial charge >= 0.3 is 12.1 Å². The number of amides is 1. The van der Waals surface area contributed by atoms with E-state index >= 15 is 0 Å². The standard InChI is InChI=1S/C12H14N2O6/c1-8(11(15)19-2)13-12(16)20-7-9-3-5-10(6-4-9)14(17)18/h3-6,8H,7H2,1-2H3,(H,13,16)/t8-/m0/s1. The lowest BCUT2D eigenvalue weighted by atomic mass is 10.2. The minimum atomic E-state index is -0.815. The zero-order chi connectivity index (χ0) is 15.1. The number of benzene rings is 1. The number of nitrogens with one attached hydrogen (secondary N) is 1. The molecule has 1 aromatic carbocycles. The Labute approximate surface area is 114 Å². The van der Waals surface area contributed by atoms with Gasteiger partial charge in [-0.1, -0.05) is 0 Å². The Morgan fingerprint density at radius 2 is 1.95 bits per heavy atom. The number of hydrogen-bond acceptors (Lipinski definition) is 6. The van der Waals surface area contributed by atoms with E-state index in [0.717, 1.165) is 0 Å². The van der Waals surface area contributed by atoms with E-state index in [0.29, 0.717) is 5.56 Å². The maximum Gasteiger partial charge on any atom is 0.408 e. The molecule has 0 aliphatic heterocycles. The summed E-state index contributed by atoms with van der Waals surface area (Å²) < 4.78 is 9.30. The number of nitro groups is 1. The molecule has 0 heterocycles. The fraction of sp³-hybridized carbons (Fsp3) is 0.333. The van der Waals surface area contributed by atoms with Crippen molar-refractivity contribution in [3.05, 3.63) is 39.9 Å². The molecule has 1 aromatic rings. The third-order valence-corrected chi connectivity index (χ3v) is 2.41. The monoisotopic (exact) mass is 282 g/mol. The number of methoxy groups -OCH3 is 1. The van der Waals surface area contributed by atoms with E-state index in [2.05, 4.69) is 10.1 Å². The first-order valence-electron chi connectivity index (χ1n) is 5.68. The number of nitro benzene ring substituents is 1. The molecule has 0 bridgehead atoms. The van der Waals surface area contributed by atoms with E-state index in [-0.39, 0.29) is 12.3 Å². The van der Waals surface area contributed by atoms with Crippen molar-refractivity contribution in [2.75, 3.05) is 7.11 Å². The summed E-state index contributed by atoms with van der Waals surface area (Å²) in [6.07, 6.45) is -0.777. The largest absolute Gasteiger partial charge is 0.467 e. The van der Waals surface area contributed by atoms with Crippen LogP contribution in [0.25, 0.3) is 0 Å². The Morgan fingerprint density at radius 3 is 2.45 bits per heavy atom. The van der Waals surface area contributed by atoms with E-state index in [4.69, 9.17) is 4.74 Å². The quantitative estimate of drug-likeness (QED) is 0.496. The summed E-state index contributed by atoms with van der Waals surface area (Å²) in [5.41, 5.74) is 0.550. The number of esters is 1. The molecule has 0 spiro atoms. The third kappa shape index (κ3) is 4.56. The van der Waals surface area contributed by atoms with Gasteiger partial charge in [0.15, 0.2) is 0 Å². The SMILES string of the molecule is COC(=O)[C@H](C)NC(=O)OCc1ccc([N+](=O)[O-])cc1.